The summed E-state index contributed by atoms with van der Waals surface area (Å²) >= 11 is 0. The van der Waals surface area contributed by atoms with Crippen molar-refractivity contribution in [1.29, 1.82) is 0 Å². The number of halogens is 1. The zero-order chi connectivity index (χ0) is 37.1. The smallest absolute Gasteiger partial charge is 0.317 e. The van der Waals surface area contributed by atoms with Crippen molar-refractivity contribution in [2.45, 2.75) is 58.1 Å². The van der Waals surface area contributed by atoms with Gasteiger partial charge in [-0.1, -0.05) is 18.2 Å². The standard InChI is InChI=1S/C25H20B7FN4O12/c26-19(27,35-13-3-1-2-10-15(13)21(42,43)36(16(10)39)18(41)7-6-14(38)34-17(18)40)11-8-9(4-5-12(11)33)20(28,29)37-22(30,31)24(45,46)49-25(47,48)23(37,32)44/h1-5,8,35,41-48H,6-7H2,(H,34,38,40). The number of morpholine rings is 1. The first-order chi connectivity index (χ1) is 22.1. The van der Waals surface area contributed by atoms with E-state index in [0.29, 0.717) is 12.1 Å². The third-order valence-corrected chi connectivity index (χ3v) is 8.41. The Hall–Kier alpha value is -3.17. The van der Waals surface area contributed by atoms with E-state index >= 15 is 4.39 Å². The fourth-order valence-corrected chi connectivity index (χ4v) is 5.93. The van der Waals surface area contributed by atoms with E-state index in [4.69, 9.17) is 54.9 Å². The predicted octanol–water partition coefficient (Wildman–Crippen LogP) is -7.08. The zero-order valence-corrected chi connectivity index (χ0v) is 24.9. The van der Waals surface area contributed by atoms with Crippen LogP contribution in [-0.2, 0) is 30.9 Å². The molecule has 3 amide bonds. The molecule has 16 nitrogen and oxygen atoms in total. The highest BCUT2D eigenvalue weighted by Crippen LogP contribution is 2.48. The number of carbonyl (C=O) groups is 3. The summed E-state index contributed by atoms with van der Waals surface area (Å²) < 4.78 is 19.6. The molecule has 240 valence electrons. The van der Waals surface area contributed by atoms with Crippen LogP contribution in [0.3, 0.4) is 0 Å². The van der Waals surface area contributed by atoms with Gasteiger partial charge in [0.25, 0.3) is 23.7 Å². The topological polar surface area (TPSA) is 253 Å². The summed E-state index contributed by atoms with van der Waals surface area (Å²) in [5.74, 6) is -16.2. The second-order valence-corrected chi connectivity index (χ2v) is 11.9. The maximum Gasteiger partial charge on any atom is 0.317 e. The molecule has 0 aromatic heterocycles. The van der Waals surface area contributed by atoms with Crippen LogP contribution in [0.15, 0.2) is 36.4 Å². The van der Waals surface area contributed by atoms with E-state index in [2.05, 4.69) is 10.1 Å². The van der Waals surface area contributed by atoms with Gasteiger partial charge in [0.05, 0.1) is 58.2 Å². The number of nitrogens with one attached hydrogen (secondary N) is 2. The predicted molar refractivity (Wildman–Crippen MR) is 165 cm³/mol. The summed E-state index contributed by atoms with van der Waals surface area (Å²) in [6, 6.07) is 5.54. The van der Waals surface area contributed by atoms with E-state index in [9.17, 15) is 55.2 Å². The molecule has 2 aromatic carbocycles. The minimum atomic E-state index is -4.08. The minimum absolute atomic E-state index is 0.0254. The lowest BCUT2D eigenvalue weighted by atomic mass is 9.46. The number of amides is 3. The summed E-state index contributed by atoms with van der Waals surface area (Å²) in [5, 5.41) is 80.3. The number of rotatable bonds is 6. The third-order valence-electron chi connectivity index (χ3n) is 8.41. The molecule has 3 aliphatic rings. The molecule has 10 N–H and O–H groups in total. The number of nitrogens with zero attached hydrogens (tertiary/aromatic N) is 2. The van der Waals surface area contributed by atoms with Gasteiger partial charge in [-0.05, 0) is 40.0 Å². The number of hydrogen-bond acceptors (Lipinski definition) is 14. The van der Waals surface area contributed by atoms with Gasteiger partial charge in [0, 0.05) is 23.9 Å². The lowest BCUT2D eigenvalue weighted by Gasteiger charge is -2.66. The first-order valence-electron chi connectivity index (χ1n) is 13.8. The minimum Gasteiger partial charge on any atom is -0.392 e. The molecule has 3 aliphatic heterocycles. The van der Waals surface area contributed by atoms with Crippen LogP contribution in [-0.4, -0.2) is 152 Å². The first-order valence-corrected chi connectivity index (χ1v) is 13.8. The number of carbonyl (C=O) groups excluding carboxylic acids is 3. The molecule has 0 saturated carbocycles. The van der Waals surface area contributed by atoms with Crippen LogP contribution in [0.25, 0.3) is 0 Å². The molecule has 14 radical (unpaired) electrons. The van der Waals surface area contributed by atoms with Crippen LogP contribution in [0.1, 0.15) is 39.9 Å². The van der Waals surface area contributed by atoms with Crippen LogP contribution in [0, 0.1) is 5.82 Å². The van der Waals surface area contributed by atoms with Crippen LogP contribution in [0.2, 0.25) is 0 Å². The van der Waals surface area contributed by atoms with E-state index in [0.717, 1.165) is 18.2 Å². The van der Waals surface area contributed by atoms with Gasteiger partial charge in [0.2, 0.25) is 11.6 Å². The van der Waals surface area contributed by atoms with Gasteiger partial charge in [0.1, 0.15) is 13.7 Å². The molecule has 2 aromatic rings. The van der Waals surface area contributed by atoms with Gasteiger partial charge < -0.3 is 46.2 Å². The van der Waals surface area contributed by atoms with Crippen LogP contribution in [0.4, 0.5) is 10.1 Å². The summed E-state index contributed by atoms with van der Waals surface area (Å²) in [7, 11) is 41.8. The highest BCUT2D eigenvalue weighted by atomic mass is 19.1. The van der Waals surface area contributed by atoms with Crippen molar-refractivity contribution >= 4 is 78.3 Å². The molecule has 24 heteroatoms. The van der Waals surface area contributed by atoms with Gasteiger partial charge in [-0.15, -0.1) is 0 Å². The molecule has 3 heterocycles. The van der Waals surface area contributed by atoms with Gasteiger partial charge >= 0.3 is 5.97 Å². The molecule has 0 aliphatic carbocycles. The number of imide groups is 1. The second kappa shape index (κ2) is 10.9. The average Bonchev–Trinajstić information content (AvgIpc) is 3.14. The Morgan fingerprint density at radius 2 is 1.51 bits per heavy atom. The fraction of sp³-hybridized carbons (Fsp3) is 0.400. The Labute approximate surface area is 285 Å². The largest absolute Gasteiger partial charge is 0.392 e. The molecular weight excluding hydrogens is 643 g/mol. The maximum atomic E-state index is 15.4. The monoisotopic (exact) mass is 664 g/mol. The van der Waals surface area contributed by atoms with Gasteiger partial charge in [-0.2, -0.15) is 0 Å². The molecule has 2 saturated heterocycles. The molecule has 49 heavy (non-hydrogen) atoms. The van der Waals surface area contributed by atoms with Crippen LogP contribution in [0.5, 0.6) is 0 Å². The Balaban J connectivity index is 1.57. The number of ether oxygens (including phenoxy) is 1. The molecule has 5 rings (SSSR count). The van der Waals surface area contributed by atoms with Crippen molar-refractivity contribution in [3.63, 3.8) is 0 Å². The van der Waals surface area contributed by atoms with Crippen molar-refractivity contribution in [1.82, 2.24) is 15.1 Å². The molecule has 0 bridgehead atoms. The van der Waals surface area contributed by atoms with Gasteiger partial charge in [-0.25, -0.2) is 9.29 Å². The van der Waals surface area contributed by atoms with Crippen molar-refractivity contribution in [3.8, 4) is 0 Å². The Bertz CT molecular complexity index is 1750. The second-order valence-electron chi connectivity index (χ2n) is 11.9. The number of piperidine rings is 1. The fourth-order valence-electron chi connectivity index (χ4n) is 5.93. The zero-order valence-electron chi connectivity index (χ0n) is 24.9. The summed E-state index contributed by atoms with van der Waals surface area (Å²) in [6.45, 7) is 0. The van der Waals surface area contributed by atoms with Crippen LogP contribution < -0.4 is 10.6 Å². The van der Waals surface area contributed by atoms with E-state index < -0.39 is 110 Å². The van der Waals surface area contributed by atoms with Gasteiger partial charge in [0.15, 0.2) is 5.62 Å². The first kappa shape index (κ1) is 37.1. The van der Waals surface area contributed by atoms with E-state index in [1.54, 1.807) is 5.32 Å². The Kier molecular flexibility index (Phi) is 8.27. The Morgan fingerprint density at radius 1 is 0.898 bits per heavy atom. The number of aliphatic hydroxyl groups is 8. The maximum absolute atomic E-state index is 15.4. The van der Waals surface area contributed by atoms with E-state index in [-0.39, 0.29) is 9.80 Å². The van der Waals surface area contributed by atoms with E-state index in [1.807, 2.05) is 0 Å². The van der Waals surface area contributed by atoms with Gasteiger partial charge in [-0.3, -0.25) is 29.3 Å². The summed E-state index contributed by atoms with van der Waals surface area (Å²) in [6.07, 6.45) is -1.19. The number of fused-ring (bicyclic) bond motifs is 1. The SMILES string of the molecule is [B]C([B])(Nc1cccc2c1C(O)(O)N(C1(O)CCC(=O)NC1=O)C2=O)c1cc(C([B])([B])N2C([B])([B])C(O)(O)OC(O)(O)C2([B])O)ccc1F. The molecule has 2 unspecified atom stereocenters. The van der Waals surface area contributed by atoms with Crippen molar-refractivity contribution in [2.75, 3.05) is 5.32 Å². The molecule has 2 atom stereocenters. The highest BCUT2D eigenvalue weighted by Gasteiger charge is 2.69. The van der Waals surface area contributed by atoms with Crippen LogP contribution >= 0.6 is 0 Å². The lowest BCUT2D eigenvalue weighted by Crippen LogP contribution is -2.88. The highest BCUT2D eigenvalue weighted by molar-refractivity contribution is 6.45. The lowest BCUT2D eigenvalue weighted by molar-refractivity contribution is -0.550. The molecular formula is C25H20B7FN4O12. The van der Waals surface area contributed by atoms with E-state index in [1.165, 1.54) is 6.07 Å². The quantitative estimate of drug-likeness (QED) is 0.0784. The Morgan fingerprint density at radius 3 is 2.10 bits per heavy atom. The van der Waals surface area contributed by atoms with Crippen molar-refractivity contribution in [2.24, 2.45) is 0 Å². The van der Waals surface area contributed by atoms with Crippen molar-refractivity contribution < 1.29 is 64.4 Å². The van der Waals surface area contributed by atoms with Crippen molar-refractivity contribution in [3.05, 3.63) is 64.5 Å². The summed E-state index contributed by atoms with van der Waals surface area (Å²) in [5.41, 5.74) is -9.74. The number of hydrogen-bond donors (Lipinski definition) is 10. The molecule has 2 fully saturated rings. The third kappa shape index (κ3) is 5.28. The normalized spacial score (nSPS) is 27.8. The average molecular weight is 663 g/mol. The number of benzene rings is 2. The number of anilines is 1. The molecule has 0 spiro atoms. The summed E-state index contributed by atoms with van der Waals surface area (Å²) in [4.78, 5) is 37.5.